The second-order valence-electron chi connectivity index (χ2n) is 23.7. The molecule has 13 N–H and O–H groups in total. The molecule has 512 valence electrons. The first-order valence-corrected chi connectivity index (χ1v) is 32.6. The maximum absolute atomic E-state index is 14.5. The van der Waals surface area contributed by atoms with Gasteiger partial charge in [-0.2, -0.15) is 0 Å². The highest BCUT2D eigenvalue weighted by atomic mass is 16.6. The highest BCUT2D eigenvalue weighted by molar-refractivity contribution is 6.06. The summed E-state index contributed by atoms with van der Waals surface area (Å²) in [6.45, 7) is 13.3. The monoisotopic (exact) mass is 1310 g/mol. The van der Waals surface area contributed by atoms with Crippen LogP contribution < -0.4 is 68.0 Å². The molecule has 9 amide bonds. The molecule has 1 unspecified atom stereocenters. The first-order chi connectivity index (χ1) is 45.3. The quantitative estimate of drug-likeness (QED) is 0.0716. The van der Waals surface area contributed by atoms with Crippen molar-refractivity contribution in [3.8, 4) is 23.0 Å². The molecule has 0 saturated carbocycles. The summed E-state index contributed by atoms with van der Waals surface area (Å²) in [6.07, 6.45) is 3.61. The molecule has 0 spiro atoms. The number of aromatic hydroxyl groups is 2. The van der Waals surface area contributed by atoms with Crippen LogP contribution in [-0.2, 0) is 4.74 Å². The van der Waals surface area contributed by atoms with E-state index in [2.05, 4.69) is 58.5 Å². The van der Waals surface area contributed by atoms with E-state index in [9.17, 15) is 53.4 Å². The summed E-state index contributed by atoms with van der Waals surface area (Å²) in [7, 11) is 0. The van der Waals surface area contributed by atoms with Crippen molar-refractivity contribution in [1.29, 1.82) is 0 Å². The van der Waals surface area contributed by atoms with Crippen LogP contribution in [-0.4, -0.2) is 216 Å². The van der Waals surface area contributed by atoms with E-state index >= 15 is 0 Å². The predicted molar refractivity (Wildman–Crippen MR) is 354 cm³/mol. The molecule has 0 fully saturated rings. The number of rotatable bonds is 16. The number of carbonyl (C=O) groups is 9. The Morgan fingerprint density at radius 2 is 0.809 bits per heavy atom. The Bertz CT molecular complexity index is 3210. The minimum atomic E-state index is -0.724. The van der Waals surface area contributed by atoms with Gasteiger partial charge in [0.15, 0.2) is 0 Å². The fourth-order valence-electron chi connectivity index (χ4n) is 10.2. The van der Waals surface area contributed by atoms with Crippen molar-refractivity contribution in [3.63, 3.8) is 0 Å². The van der Waals surface area contributed by atoms with Crippen molar-refractivity contribution in [2.75, 3.05) is 131 Å². The molecular weight excluding hydrogens is 1210 g/mol. The number of nitrogens with zero attached hydrogens (tertiary/aromatic N) is 2. The highest BCUT2D eigenvalue weighted by Crippen LogP contribution is 2.28. The van der Waals surface area contributed by atoms with Gasteiger partial charge in [-0.3, -0.25) is 48.2 Å². The number of amides is 9. The number of carbonyl (C=O) groups excluding carboxylic acids is 9. The Balaban J connectivity index is 1.35. The highest BCUT2D eigenvalue weighted by Gasteiger charge is 2.27. The van der Waals surface area contributed by atoms with E-state index < -0.39 is 76.5 Å². The molecule has 2 aliphatic rings. The zero-order valence-corrected chi connectivity index (χ0v) is 54.8. The number of nitrogens with one attached hydrogen (secondary N) is 11. The van der Waals surface area contributed by atoms with Crippen LogP contribution in [0.4, 0.5) is 4.79 Å². The smallest absolute Gasteiger partial charge is 0.407 e. The van der Waals surface area contributed by atoms with Crippen LogP contribution in [0.1, 0.15) is 162 Å². The standard InChI is InChI=1S/C67H95N13O14/c1-6-8-42-92-56-50-21-14-23-52(56)63(88)75-35-38-79(37-34-74-60(85)47-18-12-17-46(54(47)81)58(83)70-30-26-68-28-32-72-61(50)86)40-41-80-39-36-76-64(89)53-24-15-22-51(57(53)93-43-9-7-2)62(87)73-33-29-69-27-31-71-59(84)48-19-13-20-49(55(48)82)65(90)78-45(44-80)16-10-11-25-77-66(91)94-67(3,4)5/h12-15,17-24,45,68-69,81-82H,6-11,16,25-44H2,1-5H3,(H,70,83)(H,71,84)(H,72,86)(H,73,87)(H,74,85)(H,75,88)(H,76,89)(H,77,91)(H,78,90). The fraction of sp³-hybridized carbons (Fsp3) is 0.507. The summed E-state index contributed by atoms with van der Waals surface area (Å²) in [5, 5.41) is 55.1. The number of hydrogen-bond donors (Lipinski definition) is 13. The second-order valence-corrected chi connectivity index (χ2v) is 23.7. The summed E-state index contributed by atoms with van der Waals surface area (Å²) in [5.74, 6) is -5.29. The fourth-order valence-corrected chi connectivity index (χ4v) is 10.2. The number of benzene rings is 4. The van der Waals surface area contributed by atoms with Crippen LogP contribution in [0.2, 0.25) is 0 Å². The molecule has 8 bridgehead atoms. The molecule has 4 aromatic carbocycles. The molecule has 27 nitrogen and oxygen atoms in total. The number of ether oxygens (including phenoxy) is 3. The lowest BCUT2D eigenvalue weighted by molar-refractivity contribution is 0.0525. The molecule has 6 rings (SSSR count). The van der Waals surface area contributed by atoms with E-state index in [0.717, 1.165) is 12.8 Å². The summed E-state index contributed by atoms with van der Waals surface area (Å²) in [6, 6.07) is 17.5. The number of hydrogen-bond acceptors (Lipinski definition) is 18. The van der Waals surface area contributed by atoms with Gasteiger partial charge in [-0.1, -0.05) is 51.0 Å². The molecule has 2 heterocycles. The summed E-state index contributed by atoms with van der Waals surface area (Å²) in [4.78, 5) is 128. The topological polar surface area (TPSA) is 361 Å². The SMILES string of the molecule is CCCCOc1c2cccc1C(=O)NCCN(CCN1CCNC(=O)c3cccc(c3OCCCC)C(=O)NCCNCCNC(=O)c3cccc(c3O)C(=O)NC(CCCCNC(=O)OC(C)(C)C)C1)CCNC(=O)c1cccc(c1O)C(=O)NCCNCCNC2=O. The molecule has 0 radical (unpaired) electrons. The lowest BCUT2D eigenvalue weighted by Gasteiger charge is -2.31. The normalized spacial score (nSPS) is 17.4. The molecule has 1 atom stereocenters. The third-order valence-corrected chi connectivity index (χ3v) is 15.2. The van der Waals surface area contributed by atoms with Gasteiger partial charge in [-0.05, 0) is 101 Å². The molecule has 2 aliphatic heterocycles. The minimum absolute atomic E-state index is 0.0180. The van der Waals surface area contributed by atoms with Crippen molar-refractivity contribution in [2.24, 2.45) is 0 Å². The summed E-state index contributed by atoms with van der Waals surface area (Å²) >= 11 is 0. The van der Waals surface area contributed by atoms with Gasteiger partial charge < -0.3 is 82.9 Å². The van der Waals surface area contributed by atoms with E-state index in [0.29, 0.717) is 58.3 Å². The predicted octanol–water partition coefficient (Wildman–Crippen LogP) is 3.27. The number of para-hydroxylation sites is 4. The van der Waals surface area contributed by atoms with Gasteiger partial charge in [0.05, 0.1) is 57.7 Å². The van der Waals surface area contributed by atoms with Crippen LogP contribution in [0.3, 0.4) is 0 Å². The third kappa shape index (κ3) is 23.8. The van der Waals surface area contributed by atoms with Gasteiger partial charge in [0.2, 0.25) is 0 Å². The molecule has 94 heavy (non-hydrogen) atoms. The van der Waals surface area contributed by atoms with Gasteiger partial charge in [0, 0.05) is 124 Å². The van der Waals surface area contributed by atoms with Crippen LogP contribution in [0.15, 0.2) is 72.8 Å². The number of phenols is 2. The van der Waals surface area contributed by atoms with Gasteiger partial charge in [0.25, 0.3) is 47.3 Å². The summed E-state index contributed by atoms with van der Waals surface area (Å²) in [5.41, 5.74) is -0.639. The first-order valence-electron chi connectivity index (χ1n) is 32.6. The third-order valence-electron chi connectivity index (χ3n) is 15.2. The first kappa shape index (κ1) is 74.0. The van der Waals surface area contributed by atoms with Crippen molar-refractivity contribution in [3.05, 3.63) is 117 Å². The van der Waals surface area contributed by atoms with Gasteiger partial charge in [0.1, 0.15) is 28.6 Å². The number of phenolic OH excluding ortho intramolecular Hbond substituents is 2. The van der Waals surface area contributed by atoms with E-state index in [4.69, 9.17) is 14.2 Å². The molecule has 0 saturated heterocycles. The zero-order valence-electron chi connectivity index (χ0n) is 54.8. The zero-order chi connectivity index (χ0) is 67.8. The lowest BCUT2D eigenvalue weighted by atomic mass is 10.0. The van der Waals surface area contributed by atoms with E-state index in [1.807, 2.05) is 23.6 Å². The van der Waals surface area contributed by atoms with Crippen LogP contribution >= 0.6 is 0 Å². The Kier molecular flexibility index (Phi) is 30.6. The van der Waals surface area contributed by atoms with Crippen molar-refractivity contribution in [1.82, 2.24) is 68.3 Å². The largest absolute Gasteiger partial charge is 0.506 e. The second kappa shape index (κ2) is 38.8. The average Bonchev–Trinajstić information content (AvgIpc) is 0.897. The maximum atomic E-state index is 14.5. The Hall–Kier alpha value is -9.05. The van der Waals surface area contributed by atoms with Gasteiger partial charge in [-0.25, -0.2) is 4.79 Å². The lowest BCUT2D eigenvalue weighted by Crippen LogP contribution is -2.49. The number of fused-ring (bicyclic) bond motifs is 8. The van der Waals surface area contributed by atoms with Crippen molar-refractivity contribution < 1.29 is 67.6 Å². The number of alkyl carbamates (subject to hydrolysis) is 1. The Labute approximate surface area is 549 Å². The van der Waals surface area contributed by atoms with Gasteiger partial charge >= 0.3 is 6.09 Å². The Morgan fingerprint density at radius 3 is 1.19 bits per heavy atom. The van der Waals surface area contributed by atoms with E-state index in [-0.39, 0.29) is 161 Å². The maximum Gasteiger partial charge on any atom is 0.407 e. The van der Waals surface area contributed by atoms with Crippen LogP contribution in [0.5, 0.6) is 23.0 Å². The van der Waals surface area contributed by atoms with Crippen molar-refractivity contribution in [2.45, 2.75) is 91.2 Å². The molecule has 4 aromatic rings. The van der Waals surface area contributed by atoms with E-state index in [1.165, 1.54) is 36.4 Å². The molecular formula is C67H95N13O14. The summed E-state index contributed by atoms with van der Waals surface area (Å²) < 4.78 is 17.8. The average molecular weight is 1310 g/mol. The molecule has 0 aromatic heterocycles. The van der Waals surface area contributed by atoms with Crippen LogP contribution in [0.25, 0.3) is 0 Å². The minimum Gasteiger partial charge on any atom is -0.506 e. The van der Waals surface area contributed by atoms with Crippen LogP contribution in [0, 0.1) is 0 Å². The van der Waals surface area contributed by atoms with Gasteiger partial charge in [-0.15, -0.1) is 0 Å². The van der Waals surface area contributed by atoms with E-state index in [1.54, 1.807) is 57.2 Å². The Morgan fingerprint density at radius 1 is 0.468 bits per heavy atom. The molecule has 27 heteroatoms. The number of unbranched alkanes of at least 4 members (excludes halogenated alkanes) is 3. The van der Waals surface area contributed by atoms with Crippen molar-refractivity contribution >= 4 is 53.4 Å². The molecule has 0 aliphatic carbocycles.